The molecule has 21 heavy (non-hydrogen) atoms. The van der Waals surface area contributed by atoms with Gasteiger partial charge in [0.15, 0.2) is 17.6 Å². The molecule has 0 radical (unpaired) electrons. The summed E-state index contributed by atoms with van der Waals surface area (Å²) in [5.74, 6) is 0.853. The van der Waals surface area contributed by atoms with E-state index >= 15 is 0 Å². The molecule has 0 aromatic heterocycles. The van der Waals surface area contributed by atoms with E-state index in [1.165, 1.54) is 0 Å². The maximum atomic E-state index is 13.0. The molecule has 1 aromatic carbocycles. The van der Waals surface area contributed by atoms with Gasteiger partial charge in [0.25, 0.3) is 0 Å². The van der Waals surface area contributed by atoms with E-state index < -0.39 is 20.9 Å². The van der Waals surface area contributed by atoms with Crippen LogP contribution in [0.5, 0.6) is 11.5 Å². The fraction of sp³-hybridized carbons (Fsp3) is 0.571. The lowest BCUT2D eigenvalue weighted by Gasteiger charge is -2.21. The van der Waals surface area contributed by atoms with Gasteiger partial charge in [-0.05, 0) is 18.6 Å². The highest BCUT2D eigenvalue weighted by molar-refractivity contribution is 7.43. The van der Waals surface area contributed by atoms with E-state index in [9.17, 15) is 13.2 Å². The van der Waals surface area contributed by atoms with Crippen molar-refractivity contribution in [3.63, 3.8) is 0 Å². The average molecular weight is 322 g/mol. The van der Waals surface area contributed by atoms with Gasteiger partial charge in [-0.25, -0.2) is 0 Å². The van der Waals surface area contributed by atoms with Crippen LogP contribution in [0.4, 0.5) is 13.2 Å². The van der Waals surface area contributed by atoms with E-state index in [0.717, 1.165) is 19.3 Å². The molecule has 1 aliphatic heterocycles. The summed E-state index contributed by atoms with van der Waals surface area (Å²) in [5.41, 5.74) is 0. The number of rotatable bonds is 7. The van der Waals surface area contributed by atoms with Crippen LogP contribution in [0.1, 0.15) is 39.0 Å². The van der Waals surface area contributed by atoms with Gasteiger partial charge in [-0.1, -0.05) is 44.7 Å². The SMILES string of the molecule is CCCCCCC(OP1Oc2ccccc2O1)C(F)(F)F. The van der Waals surface area contributed by atoms with Gasteiger partial charge in [-0.3, -0.25) is 4.52 Å². The molecule has 0 fully saturated rings. The van der Waals surface area contributed by atoms with E-state index in [1.54, 1.807) is 24.3 Å². The van der Waals surface area contributed by atoms with E-state index in [4.69, 9.17) is 13.6 Å². The summed E-state index contributed by atoms with van der Waals surface area (Å²) in [6, 6.07) is 6.75. The van der Waals surface area contributed by atoms with Gasteiger partial charge in [-0.15, -0.1) is 0 Å². The Morgan fingerprint density at radius 3 is 2.24 bits per heavy atom. The fourth-order valence-electron chi connectivity index (χ4n) is 1.96. The number of hydrogen-bond acceptors (Lipinski definition) is 3. The molecule has 7 heteroatoms. The molecule has 0 saturated carbocycles. The van der Waals surface area contributed by atoms with Crippen LogP contribution in [0.3, 0.4) is 0 Å². The van der Waals surface area contributed by atoms with E-state index in [0.29, 0.717) is 17.9 Å². The predicted octanol–water partition coefficient (Wildman–Crippen LogP) is 5.60. The Bertz CT molecular complexity index is 428. The van der Waals surface area contributed by atoms with Crippen LogP contribution in [0, 0.1) is 0 Å². The van der Waals surface area contributed by atoms with Crippen LogP contribution in [-0.2, 0) is 4.52 Å². The van der Waals surface area contributed by atoms with Crippen molar-refractivity contribution in [2.45, 2.75) is 51.3 Å². The lowest BCUT2D eigenvalue weighted by molar-refractivity contribution is -0.197. The lowest BCUT2D eigenvalue weighted by atomic mass is 10.1. The second-order valence-corrected chi connectivity index (χ2v) is 5.86. The quantitative estimate of drug-likeness (QED) is 0.483. The van der Waals surface area contributed by atoms with Crippen LogP contribution >= 0.6 is 8.60 Å². The van der Waals surface area contributed by atoms with Crippen molar-refractivity contribution >= 4 is 8.60 Å². The molecular formula is C14H18F3O3P. The Morgan fingerprint density at radius 2 is 1.71 bits per heavy atom. The van der Waals surface area contributed by atoms with Crippen LogP contribution in [0.25, 0.3) is 0 Å². The Balaban J connectivity index is 1.88. The first-order chi connectivity index (χ1) is 10.0. The average Bonchev–Trinajstić information content (AvgIpc) is 2.83. The molecule has 0 amide bonds. The predicted molar refractivity (Wildman–Crippen MR) is 74.3 cm³/mol. The van der Waals surface area contributed by atoms with Gasteiger partial charge >= 0.3 is 14.8 Å². The Hall–Kier alpha value is -1.00. The Labute approximate surface area is 123 Å². The number of hydrogen-bond donors (Lipinski definition) is 0. The highest BCUT2D eigenvalue weighted by Crippen LogP contribution is 2.54. The fourth-order valence-corrected chi connectivity index (χ4v) is 3.14. The normalized spacial score (nSPS) is 16.2. The molecular weight excluding hydrogens is 304 g/mol. The minimum atomic E-state index is -4.41. The molecule has 0 bridgehead atoms. The summed E-state index contributed by atoms with van der Waals surface area (Å²) in [6.07, 6.45) is -3.15. The molecule has 1 atom stereocenters. The van der Waals surface area contributed by atoms with Crippen molar-refractivity contribution in [2.24, 2.45) is 0 Å². The Kier molecular flexibility index (Phi) is 5.71. The number of fused-ring (bicyclic) bond motifs is 1. The second-order valence-electron chi connectivity index (χ2n) is 4.84. The van der Waals surface area contributed by atoms with Crippen molar-refractivity contribution in [2.75, 3.05) is 0 Å². The lowest BCUT2D eigenvalue weighted by Crippen LogP contribution is -2.30. The molecule has 1 aromatic rings. The first-order valence-electron chi connectivity index (χ1n) is 6.99. The first kappa shape index (κ1) is 16.4. The van der Waals surface area contributed by atoms with Crippen LogP contribution in [-0.4, -0.2) is 12.3 Å². The standard InChI is InChI=1S/C14H18F3O3P/c1-2-3-4-5-10-13(14(15,16)17)20-21-18-11-8-6-7-9-12(11)19-21/h6-9,13H,2-5,10H2,1H3. The van der Waals surface area contributed by atoms with E-state index in [2.05, 4.69) is 0 Å². The summed E-state index contributed by atoms with van der Waals surface area (Å²) in [5, 5.41) is 0. The third kappa shape index (κ3) is 4.75. The summed E-state index contributed by atoms with van der Waals surface area (Å²) in [6.45, 7) is 2.01. The van der Waals surface area contributed by atoms with Gasteiger partial charge in [-0.2, -0.15) is 13.2 Å². The third-order valence-electron chi connectivity index (χ3n) is 3.09. The minimum absolute atomic E-state index is 0.0641. The summed E-state index contributed by atoms with van der Waals surface area (Å²) in [4.78, 5) is 0. The molecule has 1 aliphatic rings. The maximum Gasteiger partial charge on any atom is 0.463 e. The molecule has 0 spiro atoms. The highest BCUT2D eigenvalue weighted by atomic mass is 31.2. The van der Waals surface area contributed by atoms with Crippen molar-refractivity contribution in [1.29, 1.82) is 0 Å². The van der Waals surface area contributed by atoms with Crippen molar-refractivity contribution in [3.05, 3.63) is 24.3 Å². The summed E-state index contributed by atoms with van der Waals surface area (Å²) >= 11 is 0. The van der Waals surface area contributed by atoms with Crippen LogP contribution in [0.2, 0.25) is 0 Å². The zero-order valence-electron chi connectivity index (χ0n) is 11.7. The monoisotopic (exact) mass is 322 g/mol. The van der Waals surface area contributed by atoms with Crippen molar-refractivity contribution in [1.82, 2.24) is 0 Å². The maximum absolute atomic E-state index is 13.0. The van der Waals surface area contributed by atoms with Crippen LogP contribution in [0.15, 0.2) is 24.3 Å². The minimum Gasteiger partial charge on any atom is -0.414 e. The second kappa shape index (κ2) is 7.32. The number of benzene rings is 1. The molecule has 2 rings (SSSR count). The third-order valence-corrected chi connectivity index (χ3v) is 4.21. The molecule has 0 saturated heterocycles. The van der Waals surface area contributed by atoms with Gasteiger partial charge in [0.1, 0.15) is 0 Å². The summed E-state index contributed by atoms with van der Waals surface area (Å²) in [7, 11) is -2.02. The van der Waals surface area contributed by atoms with E-state index in [-0.39, 0.29) is 6.42 Å². The zero-order valence-corrected chi connectivity index (χ0v) is 12.6. The number of halogens is 3. The van der Waals surface area contributed by atoms with Gasteiger partial charge in [0, 0.05) is 0 Å². The van der Waals surface area contributed by atoms with Crippen LogP contribution < -0.4 is 9.05 Å². The largest absolute Gasteiger partial charge is 0.463 e. The molecule has 118 valence electrons. The van der Waals surface area contributed by atoms with Gasteiger partial charge in [0.2, 0.25) is 0 Å². The van der Waals surface area contributed by atoms with Gasteiger partial charge in [0.05, 0.1) is 0 Å². The van der Waals surface area contributed by atoms with Crippen molar-refractivity contribution < 1.29 is 26.7 Å². The molecule has 1 heterocycles. The molecule has 3 nitrogen and oxygen atoms in total. The summed E-state index contributed by atoms with van der Waals surface area (Å²) < 4.78 is 54.6. The topological polar surface area (TPSA) is 27.7 Å². The Morgan fingerprint density at radius 1 is 1.10 bits per heavy atom. The van der Waals surface area contributed by atoms with Crippen molar-refractivity contribution in [3.8, 4) is 11.5 Å². The smallest absolute Gasteiger partial charge is 0.414 e. The molecule has 1 unspecified atom stereocenters. The van der Waals surface area contributed by atoms with Gasteiger partial charge < -0.3 is 9.05 Å². The number of unbranched alkanes of at least 4 members (excludes halogenated alkanes) is 3. The molecule has 0 aliphatic carbocycles. The number of para-hydroxylation sites is 2. The first-order valence-corrected chi connectivity index (χ1v) is 8.09. The number of alkyl halides is 3. The molecule has 0 N–H and O–H groups in total. The zero-order chi connectivity index (χ0) is 15.3. The van der Waals surface area contributed by atoms with E-state index in [1.807, 2.05) is 6.92 Å². The highest BCUT2D eigenvalue weighted by Gasteiger charge is 2.44.